The molecule has 19 heavy (non-hydrogen) atoms. The van der Waals surface area contributed by atoms with Gasteiger partial charge in [-0.25, -0.2) is 4.98 Å². The van der Waals surface area contributed by atoms with Crippen molar-refractivity contribution >= 4 is 5.82 Å². The van der Waals surface area contributed by atoms with Gasteiger partial charge in [0.05, 0.1) is 5.56 Å². The zero-order valence-corrected chi connectivity index (χ0v) is 12.0. The Bertz CT molecular complexity index is 488. The van der Waals surface area contributed by atoms with E-state index in [1.165, 1.54) is 11.3 Å². The summed E-state index contributed by atoms with van der Waals surface area (Å²) in [5.74, 6) is 0.750. The number of nitrogens with one attached hydrogen (secondary N) is 1. The molecule has 1 aliphatic rings. The fourth-order valence-electron chi connectivity index (χ4n) is 2.30. The molecule has 0 aromatic carbocycles. The fourth-order valence-corrected chi connectivity index (χ4v) is 2.30. The Morgan fingerprint density at radius 2 is 2.26 bits per heavy atom. The molecule has 0 atom stereocenters. The first-order chi connectivity index (χ1) is 9.11. The molecule has 0 saturated carbocycles. The molecule has 1 heterocycles. The molecule has 0 amide bonds. The molecular weight excluding hydrogens is 236 g/mol. The van der Waals surface area contributed by atoms with Crippen LogP contribution in [0, 0.1) is 11.3 Å². The molecule has 1 aliphatic carbocycles. The summed E-state index contributed by atoms with van der Waals surface area (Å²) in [6, 6.07) is 4.78. The Labute approximate surface area is 115 Å². The molecule has 0 unspecified atom stereocenters. The summed E-state index contributed by atoms with van der Waals surface area (Å²) in [4.78, 5) is 6.88. The van der Waals surface area contributed by atoms with Crippen molar-refractivity contribution in [2.24, 2.45) is 0 Å². The van der Waals surface area contributed by atoms with Gasteiger partial charge in [-0.3, -0.25) is 0 Å². The number of likely N-dealkylation sites (N-methyl/N-ethyl adjacent to an activating group) is 1. The smallest absolute Gasteiger partial charge is 0.144 e. The van der Waals surface area contributed by atoms with E-state index in [9.17, 15) is 5.26 Å². The highest BCUT2D eigenvalue weighted by Gasteiger charge is 2.16. The molecule has 0 fully saturated rings. The molecule has 1 aromatic heterocycles. The van der Waals surface area contributed by atoms with Gasteiger partial charge >= 0.3 is 0 Å². The molecule has 102 valence electrons. The molecule has 0 radical (unpaired) electrons. The molecule has 4 heteroatoms. The lowest BCUT2D eigenvalue weighted by molar-refractivity contribution is 0.284. The van der Waals surface area contributed by atoms with Crippen LogP contribution in [0.15, 0.2) is 6.07 Å². The first-order valence-electron chi connectivity index (χ1n) is 6.99. The van der Waals surface area contributed by atoms with Crippen LogP contribution in [0.2, 0.25) is 0 Å². The molecule has 2 rings (SSSR count). The van der Waals surface area contributed by atoms with Crippen molar-refractivity contribution in [1.29, 1.82) is 5.26 Å². The average Bonchev–Trinajstić information content (AvgIpc) is 2.84. The number of aromatic nitrogens is 1. The summed E-state index contributed by atoms with van der Waals surface area (Å²) in [6.07, 6.45) is 3.27. The molecule has 1 N–H and O–H groups in total. The van der Waals surface area contributed by atoms with Gasteiger partial charge < -0.3 is 10.2 Å². The van der Waals surface area contributed by atoms with Gasteiger partial charge in [-0.15, -0.1) is 0 Å². The monoisotopic (exact) mass is 258 g/mol. The summed E-state index contributed by atoms with van der Waals surface area (Å²) in [5, 5.41) is 12.5. The van der Waals surface area contributed by atoms with E-state index >= 15 is 0 Å². The lowest BCUT2D eigenvalue weighted by Crippen LogP contribution is -2.31. The van der Waals surface area contributed by atoms with Crippen LogP contribution in [0.25, 0.3) is 0 Å². The van der Waals surface area contributed by atoms with Crippen LogP contribution < -0.4 is 5.32 Å². The molecule has 0 aliphatic heterocycles. The van der Waals surface area contributed by atoms with Gasteiger partial charge in [0.1, 0.15) is 11.9 Å². The largest absolute Gasteiger partial charge is 0.368 e. The van der Waals surface area contributed by atoms with E-state index in [1.54, 1.807) is 0 Å². The normalized spacial score (nSPS) is 13.7. The van der Waals surface area contributed by atoms with Crippen LogP contribution in [0.1, 0.15) is 37.1 Å². The summed E-state index contributed by atoms with van der Waals surface area (Å²) in [7, 11) is 2.10. The molecule has 0 spiro atoms. The molecular formula is C15H22N4. The van der Waals surface area contributed by atoms with E-state index in [0.29, 0.717) is 11.6 Å². The van der Waals surface area contributed by atoms with Crippen LogP contribution in [0.5, 0.6) is 0 Å². The van der Waals surface area contributed by atoms with E-state index in [2.05, 4.69) is 42.2 Å². The third kappa shape index (κ3) is 3.24. The zero-order chi connectivity index (χ0) is 13.8. The molecule has 4 nitrogen and oxygen atoms in total. The quantitative estimate of drug-likeness (QED) is 0.879. The number of nitrogens with zero attached hydrogens (tertiary/aromatic N) is 3. The van der Waals surface area contributed by atoms with Crippen LogP contribution in [0.3, 0.4) is 0 Å². The van der Waals surface area contributed by atoms with Gasteiger partial charge in [0.25, 0.3) is 0 Å². The van der Waals surface area contributed by atoms with E-state index in [1.807, 2.05) is 6.07 Å². The van der Waals surface area contributed by atoms with Crippen molar-refractivity contribution in [3.05, 3.63) is 22.9 Å². The number of anilines is 1. The van der Waals surface area contributed by atoms with Crippen molar-refractivity contribution in [1.82, 2.24) is 9.88 Å². The predicted octanol–water partition coefficient (Wildman–Crippen LogP) is 2.19. The van der Waals surface area contributed by atoms with E-state index in [-0.39, 0.29) is 0 Å². The number of pyridine rings is 1. The lowest BCUT2D eigenvalue weighted by atomic mass is 10.1. The van der Waals surface area contributed by atoms with Gasteiger partial charge in [0.2, 0.25) is 0 Å². The Kier molecular flexibility index (Phi) is 4.39. The van der Waals surface area contributed by atoms with Crippen LogP contribution >= 0.6 is 0 Å². The van der Waals surface area contributed by atoms with Crippen LogP contribution in [-0.2, 0) is 12.8 Å². The second-order valence-electron chi connectivity index (χ2n) is 5.46. The van der Waals surface area contributed by atoms with Crippen molar-refractivity contribution in [3.63, 3.8) is 0 Å². The van der Waals surface area contributed by atoms with Crippen molar-refractivity contribution in [2.75, 3.05) is 25.5 Å². The van der Waals surface area contributed by atoms with Crippen molar-refractivity contribution in [3.8, 4) is 6.07 Å². The molecule has 0 bridgehead atoms. The Balaban J connectivity index is 2.02. The topological polar surface area (TPSA) is 52.0 Å². The number of hydrogen-bond donors (Lipinski definition) is 1. The third-order valence-electron chi connectivity index (χ3n) is 3.81. The summed E-state index contributed by atoms with van der Waals surface area (Å²) in [5.41, 5.74) is 3.09. The summed E-state index contributed by atoms with van der Waals surface area (Å²) in [6.45, 7) is 6.11. The SMILES string of the molecule is CC(C)N(C)CCNc1nc2c(cc1C#N)CCC2. The lowest BCUT2D eigenvalue weighted by Gasteiger charge is -2.21. The Morgan fingerprint density at radius 1 is 1.47 bits per heavy atom. The minimum Gasteiger partial charge on any atom is -0.368 e. The number of rotatable bonds is 5. The zero-order valence-electron chi connectivity index (χ0n) is 12.0. The van der Waals surface area contributed by atoms with Crippen molar-refractivity contribution in [2.45, 2.75) is 39.2 Å². The fraction of sp³-hybridized carbons (Fsp3) is 0.600. The number of aryl methyl sites for hydroxylation is 2. The van der Waals surface area contributed by atoms with Gasteiger partial charge in [0.15, 0.2) is 0 Å². The van der Waals surface area contributed by atoms with Crippen molar-refractivity contribution < 1.29 is 0 Å². The number of fused-ring (bicyclic) bond motifs is 1. The van der Waals surface area contributed by atoms with E-state index in [0.717, 1.165) is 38.2 Å². The maximum atomic E-state index is 9.21. The van der Waals surface area contributed by atoms with Gasteiger partial charge in [-0.1, -0.05) is 0 Å². The number of nitriles is 1. The van der Waals surface area contributed by atoms with E-state index < -0.39 is 0 Å². The molecule has 0 saturated heterocycles. The minimum atomic E-state index is 0.533. The average molecular weight is 258 g/mol. The first kappa shape index (κ1) is 13.8. The summed E-state index contributed by atoms with van der Waals surface area (Å²) < 4.78 is 0. The highest BCUT2D eigenvalue weighted by molar-refractivity contribution is 5.55. The number of hydrogen-bond acceptors (Lipinski definition) is 4. The maximum Gasteiger partial charge on any atom is 0.144 e. The maximum absolute atomic E-state index is 9.21. The predicted molar refractivity (Wildman–Crippen MR) is 77.2 cm³/mol. The standard InChI is InChI=1S/C15H22N4/c1-11(2)19(3)8-7-17-15-13(10-16)9-12-5-4-6-14(12)18-15/h9,11H,4-8H2,1-3H3,(H,17,18). The van der Waals surface area contributed by atoms with Crippen LogP contribution in [-0.4, -0.2) is 36.1 Å². The second kappa shape index (κ2) is 6.03. The van der Waals surface area contributed by atoms with E-state index in [4.69, 9.17) is 0 Å². The van der Waals surface area contributed by atoms with Gasteiger partial charge in [-0.05, 0) is 51.8 Å². The second-order valence-corrected chi connectivity index (χ2v) is 5.46. The van der Waals surface area contributed by atoms with Gasteiger partial charge in [0, 0.05) is 24.8 Å². The highest BCUT2D eigenvalue weighted by atomic mass is 15.1. The first-order valence-corrected chi connectivity index (χ1v) is 6.99. The van der Waals surface area contributed by atoms with Gasteiger partial charge in [-0.2, -0.15) is 5.26 Å². The summed E-state index contributed by atoms with van der Waals surface area (Å²) >= 11 is 0. The Hall–Kier alpha value is -1.60. The molecule has 1 aromatic rings. The highest BCUT2D eigenvalue weighted by Crippen LogP contribution is 2.24. The van der Waals surface area contributed by atoms with Crippen LogP contribution in [0.4, 0.5) is 5.82 Å². The third-order valence-corrected chi connectivity index (χ3v) is 3.81. The Morgan fingerprint density at radius 3 is 2.95 bits per heavy atom. The minimum absolute atomic E-state index is 0.533.